The number of Topliss-reactive ketones (excluding diaryl/α,β-unsaturated/α-hetero) is 1. The SMILES string of the molecule is CCCCCCCCCCCCCCCCCCC(CCCCCCCCCCCCCCCCCC)CCCN1C(=O)C(=O)c2ccc(Br)cc21. The molecule has 0 saturated heterocycles. The summed E-state index contributed by atoms with van der Waals surface area (Å²) in [7, 11) is 0. The Morgan fingerprint density at radius 3 is 1.15 bits per heavy atom. The minimum absolute atomic E-state index is 0.347. The summed E-state index contributed by atoms with van der Waals surface area (Å²) < 4.78 is 0.920. The van der Waals surface area contributed by atoms with Gasteiger partial charge >= 0.3 is 0 Å². The number of halogens is 1. The average Bonchev–Trinajstić information content (AvgIpc) is 3.37. The van der Waals surface area contributed by atoms with E-state index in [1.54, 1.807) is 11.0 Å². The van der Waals surface area contributed by atoms with E-state index < -0.39 is 0 Å². The maximum atomic E-state index is 12.8. The zero-order valence-corrected chi connectivity index (χ0v) is 36.2. The van der Waals surface area contributed by atoms with E-state index in [4.69, 9.17) is 0 Å². The van der Waals surface area contributed by atoms with Crippen molar-refractivity contribution in [1.29, 1.82) is 0 Å². The van der Waals surface area contributed by atoms with Crippen molar-refractivity contribution in [2.45, 2.75) is 245 Å². The highest BCUT2D eigenvalue weighted by atomic mass is 79.9. The minimum Gasteiger partial charge on any atom is -0.305 e. The van der Waals surface area contributed by atoms with E-state index >= 15 is 0 Å². The fourth-order valence-electron chi connectivity index (χ4n) is 8.42. The van der Waals surface area contributed by atoms with Crippen molar-refractivity contribution in [3.8, 4) is 0 Å². The van der Waals surface area contributed by atoms with Crippen molar-refractivity contribution in [2.24, 2.45) is 5.92 Å². The first-order valence-electron chi connectivity index (χ1n) is 23.2. The molecule has 1 aromatic rings. The molecule has 52 heavy (non-hydrogen) atoms. The van der Waals surface area contributed by atoms with E-state index in [0.29, 0.717) is 12.1 Å². The van der Waals surface area contributed by atoms with Crippen molar-refractivity contribution in [3.05, 3.63) is 28.2 Å². The van der Waals surface area contributed by atoms with Gasteiger partial charge in [-0.25, -0.2) is 0 Å². The van der Waals surface area contributed by atoms with Gasteiger partial charge in [-0.1, -0.05) is 248 Å². The van der Waals surface area contributed by atoms with Crippen molar-refractivity contribution < 1.29 is 9.59 Å². The number of carbonyl (C=O) groups excluding carboxylic acids is 2. The van der Waals surface area contributed by atoms with Crippen molar-refractivity contribution in [1.82, 2.24) is 0 Å². The summed E-state index contributed by atoms with van der Waals surface area (Å²) in [6, 6.07) is 5.58. The average molecular weight is 787 g/mol. The molecule has 3 nitrogen and oxygen atoms in total. The summed E-state index contributed by atoms with van der Waals surface area (Å²) in [4.78, 5) is 27.1. The number of fused-ring (bicyclic) bond motifs is 1. The monoisotopic (exact) mass is 786 g/mol. The Balaban J connectivity index is 1.57. The molecule has 1 aliphatic heterocycles. The third kappa shape index (κ3) is 22.9. The first kappa shape index (κ1) is 47.0. The van der Waals surface area contributed by atoms with Gasteiger partial charge in [-0.2, -0.15) is 0 Å². The van der Waals surface area contributed by atoms with Gasteiger partial charge in [0.2, 0.25) is 0 Å². The first-order valence-corrected chi connectivity index (χ1v) is 24.0. The van der Waals surface area contributed by atoms with Crippen LogP contribution in [0.2, 0.25) is 0 Å². The van der Waals surface area contributed by atoms with Crippen LogP contribution in [0.3, 0.4) is 0 Å². The molecular formula is C48H84BrNO2. The Morgan fingerprint density at radius 2 is 0.788 bits per heavy atom. The van der Waals surface area contributed by atoms with E-state index in [1.165, 1.54) is 225 Å². The van der Waals surface area contributed by atoms with E-state index in [0.717, 1.165) is 22.5 Å². The van der Waals surface area contributed by atoms with Gasteiger partial charge in [0.05, 0.1) is 11.3 Å². The van der Waals surface area contributed by atoms with E-state index in [2.05, 4.69) is 29.8 Å². The molecule has 0 fully saturated rings. The van der Waals surface area contributed by atoms with Crippen LogP contribution in [0.15, 0.2) is 22.7 Å². The molecule has 1 heterocycles. The molecule has 0 aliphatic carbocycles. The second kappa shape index (κ2) is 33.2. The molecule has 0 spiro atoms. The van der Waals surface area contributed by atoms with Crippen molar-refractivity contribution >= 4 is 33.3 Å². The standard InChI is InChI=1S/C48H84BrNO2/c1-3-5-7-9-11-13-15-17-19-21-23-25-27-29-31-33-36-43(38-35-41-50-46-42-44(49)39-40-45(46)47(51)48(50)52)37-34-32-30-28-26-24-22-20-18-16-14-12-10-8-6-4-2/h39-40,42-43H,3-38,41H2,1-2H3. The largest absolute Gasteiger partial charge is 0.305 e. The molecule has 0 unspecified atom stereocenters. The van der Waals surface area contributed by atoms with Crippen LogP contribution in [0.5, 0.6) is 0 Å². The number of rotatable bonds is 38. The lowest BCUT2D eigenvalue weighted by Crippen LogP contribution is -2.30. The normalized spacial score (nSPS) is 12.9. The third-order valence-corrected chi connectivity index (χ3v) is 12.4. The van der Waals surface area contributed by atoms with Crippen molar-refractivity contribution in [2.75, 3.05) is 11.4 Å². The molecule has 0 aromatic heterocycles. The molecule has 1 amide bonds. The maximum Gasteiger partial charge on any atom is 0.299 e. The number of unbranched alkanes of at least 4 members (excludes halogenated alkanes) is 30. The van der Waals surface area contributed by atoms with Crippen LogP contribution in [0.1, 0.15) is 255 Å². The van der Waals surface area contributed by atoms with E-state index in [9.17, 15) is 9.59 Å². The van der Waals surface area contributed by atoms with Crippen LogP contribution < -0.4 is 4.90 Å². The predicted molar refractivity (Wildman–Crippen MR) is 232 cm³/mol. The van der Waals surface area contributed by atoms with Crippen LogP contribution in [-0.4, -0.2) is 18.2 Å². The summed E-state index contributed by atoms with van der Waals surface area (Å²) in [5.41, 5.74) is 1.35. The summed E-state index contributed by atoms with van der Waals surface area (Å²) in [5, 5.41) is 0. The molecule has 4 heteroatoms. The number of benzene rings is 1. The zero-order chi connectivity index (χ0) is 37.3. The molecule has 2 rings (SSSR count). The number of ketones is 1. The molecule has 0 bridgehead atoms. The minimum atomic E-state index is -0.347. The molecule has 1 aliphatic rings. The highest BCUT2D eigenvalue weighted by Gasteiger charge is 2.35. The van der Waals surface area contributed by atoms with Gasteiger partial charge in [-0.3, -0.25) is 9.59 Å². The summed E-state index contributed by atoms with van der Waals surface area (Å²) in [6.07, 6.45) is 50.1. The molecule has 0 atom stereocenters. The van der Waals surface area contributed by atoms with Crippen LogP contribution >= 0.6 is 15.9 Å². The number of amides is 1. The number of hydrogen-bond donors (Lipinski definition) is 0. The molecular weight excluding hydrogens is 702 g/mol. The van der Waals surface area contributed by atoms with Crippen LogP contribution in [0.4, 0.5) is 5.69 Å². The van der Waals surface area contributed by atoms with Gasteiger partial charge in [0.15, 0.2) is 0 Å². The molecule has 0 saturated carbocycles. The lowest BCUT2D eigenvalue weighted by atomic mass is 9.90. The van der Waals surface area contributed by atoms with Gasteiger partial charge < -0.3 is 4.90 Å². The van der Waals surface area contributed by atoms with Gasteiger partial charge in [0, 0.05) is 11.0 Å². The summed E-state index contributed by atoms with van der Waals surface area (Å²) >= 11 is 3.53. The van der Waals surface area contributed by atoms with E-state index in [1.807, 2.05) is 12.1 Å². The Morgan fingerprint density at radius 1 is 0.462 bits per heavy atom. The molecule has 300 valence electrons. The van der Waals surface area contributed by atoms with Crippen LogP contribution in [0.25, 0.3) is 0 Å². The van der Waals surface area contributed by atoms with Gasteiger partial charge in [-0.05, 0) is 37.0 Å². The summed E-state index contributed by atoms with van der Waals surface area (Å²) in [6.45, 7) is 5.25. The first-order chi connectivity index (χ1) is 25.6. The number of nitrogens with zero attached hydrogens (tertiary/aromatic N) is 1. The fourth-order valence-corrected chi connectivity index (χ4v) is 8.77. The van der Waals surface area contributed by atoms with Crippen LogP contribution in [-0.2, 0) is 4.79 Å². The third-order valence-electron chi connectivity index (χ3n) is 11.9. The highest BCUT2D eigenvalue weighted by Crippen LogP contribution is 2.33. The Bertz CT molecular complexity index is 972. The Hall–Kier alpha value is -1.16. The van der Waals surface area contributed by atoms with E-state index in [-0.39, 0.29) is 11.7 Å². The smallest absolute Gasteiger partial charge is 0.299 e. The number of carbonyl (C=O) groups is 2. The fraction of sp³-hybridized carbons (Fsp3) is 0.833. The van der Waals surface area contributed by atoms with Gasteiger partial charge in [0.25, 0.3) is 11.7 Å². The molecule has 1 aromatic carbocycles. The number of anilines is 1. The van der Waals surface area contributed by atoms with Crippen molar-refractivity contribution in [3.63, 3.8) is 0 Å². The molecule has 0 N–H and O–H groups in total. The predicted octanol–water partition coefficient (Wildman–Crippen LogP) is 16.7. The number of hydrogen-bond acceptors (Lipinski definition) is 2. The van der Waals surface area contributed by atoms with Gasteiger partial charge in [-0.15, -0.1) is 0 Å². The second-order valence-electron chi connectivity index (χ2n) is 16.6. The van der Waals surface area contributed by atoms with Gasteiger partial charge in [0.1, 0.15) is 0 Å². The lowest BCUT2D eigenvalue weighted by molar-refractivity contribution is -0.114. The molecule has 0 radical (unpaired) electrons. The second-order valence-corrected chi connectivity index (χ2v) is 17.6. The Labute approximate surface area is 332 Å². The zero-order valence-electron chi connectivity index (χ0n) is 34.6. The van der Waals surface area contributed by atoms with Crippen LogP contribution in [0, 0.1) is 5.92 Å². The topological polar surface area (TPSA) is 37.4 Å². The quantitative estimate of drug-likeness (QED) is 0.0494. The highest BCUT2D eigenvalue weighted by molar-refractivity contribution is 9.10. The summed E-state index contributed by atoms with van der Waals surface area (Å²) in [5.74, 6) is 0.0503. The maximum absolute atomic E-state index is 12.8. The Kier molecular flexibility index (Phi) is 30.0. The lowest BCUT2D eigenvalue weighted by Gasteiger charge is -2.20.